The third-order valence-corrected chi connectivity index (χ3v) is 3.97. The molecule has 0 aromatic heterocycles. The van der Waals surface area contributed by atoms with Crippen LogP contribution in [0.15, 0.2) is 53.6 Å². The number of carboxylic acid groups (broad SMARTS) is 1. The number of carbonyl (C=O) groups excluding carboxylic acids is 1. The van der Waals surface area contributed by atoms with Crippen molar-refractivity contribution in [3.63, 3.8) is 0 Å². The maximum Gasteiger partial charge on any atom is 0.306 e. The first kappa shape index (κ1) is 19.0. The molecule has 1 unspecified atom stereocenters. The number of hydrogen-bond donors (Lipinski definition) is 4. The van der Waals surface area contributed by atoms with Crippen molar-refractivity contribution in [2.45, 2.75) is 19.8 Å². The van der Waals surface area contributed by atoms with Gasteiger partial charge >= 0.3 is 5.97 Å². The van der Waals surface area contributed by atoms with Crippen molar-refractivity contribution in [3.8, 4) is 0 Å². The van der Waals surface area contributed by atoms with Crippen LogP contribution in [0.5, 0.6) is 0 Å². The zero-order chi connectivity index (χ0) is 18.9. The predicted octanol–water partition coefficient (Wildman–Crippen LogP) is 2.91. The third-order valence-electron chi connectivity index (χ3n) is 3.97. The van der Waals surface area contributed by atoms with Crippen molar-refractivity contribution >= 4 is 29.6 Å². The molecule has 0 aliphatic heterocycles. The van der Waals surface area contributed by atoms with Crippen LogP contribution in [0.4, 0.5) is 11.4 Å². The van der Waals surface area contributed by atoms with Crippen molar-refractivity contribution in [2.75, 3.05) is 10.6 Å². The first-order chi connectivity index (χ1) is 12.5. The molecule has 0 fully saturated rings. The van der Waals surface area contributed by atoms with E-state index in [9.17, 15) is 9.59 Å². The van der Waals surface area contributed by atoms with Crippen molar-refractivity contribution in [1.29, 1.82) is 0 Å². The highest BCUT2D eigenvalue weighted by Gasteiger charge is 2.15. The monoisotopic (exact) mass is 354 g/mol. The Morgan fingerprint density at radius 2 is 1.92 bits per heavy atom. The predicted molar refractivity (Wildman–Crippen MR) is 102 cm³/mol. The molecule has 0 heterocycles. The molecule has 0 spiro atoms. The van der Waals surface area contributed by atoms with Gasteiger partial charge < -0.3 is 21.6 Å². The standard InChI is InChI=1S/C19H22N4O3/c1-2-14(19(25)26)10-13-6-8-16(9-7-13)23-18(24)15-4-3-5-17(11-15)21-12-22-20/h3-9,11-12,14H,2,10,20H2,1H3,(H,21,22)(H,23,24)(H,25,26). The first-order valence-electron chi connectivity index (χ1n) is 8.25. The molecule has 2 aromatic rings. The number of benzene rings is 2. The van der Waals surface area contributed by atoms with Crippen LogP contribution < -0.4 is 16.5 Å². The lowest BCUT2D eigenvalue weighted by Crippen LogP contribution is -2.15. The molecule has 0 aliphatic carbocycles. The molecule has 0 saturated heterocycles. The molecule has 1 atom stereocenters. The number of carbonyl (C=O) groups is 2. The first-order valence-corrected chi connectivity index (χ1v) is 8.25. The molecule has 0 aliphatic rings. The minimum absolute atomic E-state index is 0.247. The van der Waals surface area contributed by atoms with Gasteiger partial charge in [0.05, 0.1) is 5.92 Å². The van der Waals surface area contributed by atoms with E-state index in [2.05, 4.69) is 15.7 Å². The van der Waals surface area contributed by atoms with Gasteiger partial charge in [-0.05, 0) is 48.7 Å². The number of nitrogens with one attached hydrogen (secondary N) is 2. The molecule has 0 saturated carbocycles. The normalized spacial score (nSPS) is 11.9. The molecule has 7 nitrogen and oxygen atoms in total. The molecule has 7 heteroatoms. The van der Waals surface area contributed by atoms with Crippen molar-refractivity contribution in [1.82, 2.24) is 0 Å². The molecular formula is C19H22N4O3. The molecule has 2 rings (SSSR count). The highest BCUT2D eigenvalue weighted by molar-refractivity contribution is 6.05. The summed E-state index contributed by atoms with van der Waals surface area (Å²) in [6.45, 7) is 1.86. The molecular weight excluding hydrogens is 332 g/mol. The summed E-state index contributed by atoms with van der Waals surface area (Å²) in [6, 6.07) is 14.1. The highest BCUT2D eigenvalue weighted by Crippen LogP contribution is 2.17. The molecule has 136 valence electrons. The van der Waals surface area contributed by atoms with E-state index in [1.54, 1.807) is 36.4 Å². The van der Waals surface area contributed by atoms with Crippen LogP contribution in [0.25, 0.3) is 0 Å². The summed E-state index contributed by atoms with van der Waals surface area (Å²) in [7, 11) is 0. The Kier molecular flexibility index (Phi) is 6.73. The topological polar surface area (TPSA) is 117 Å². The lowest BCUT2D eigenvalue weighted by atomic mass is 9.97. The second kappa shape index (κ2) is 9.22. The Bertz CT molecular complexity index is 788. The zero-order valence-corrected chi connectivity index (χ0v) is 14.5. The summed E-state index contributed by atoms with van der Waals surface area (Å²) in [4.78, 5) is 23.5. The Labute approximate surface area is 151 Å². The van der Waals surface area contributed by atoms with Crippen LogP contribution in [0.3, 0.4) is 0 Å². The second-order valence-electron chi connectivity index (χ2n) is 5.80. The van der Waals surface area contributed by atoms with Crippen LogP contribution in [0, 0.1) is 5.92 Å². The Hall–Kier alpha value is -3.35. The van der Waals surface area contributed by atoms with Gasteiger partial charge in [-0.1, -0.05) is 25.1 Å². The number of nitrogens with two attached hydrogens (primary N) is 1. The van der Waals surface area contributed by atoms with E-state index in [0.717, 1.165) is 5.56 Å². The summed E-state index contributed by atoms with van der Waals surface area (Å²) >= 11 is 0. The molecule has 26 heavy (non-hydrogen) atoms. The van der Waals surface area contributed by atoms with Crippen molar-refractivity contribution in [3.05, 3.63) is 59.7 Å². The van der Waals surface area contributed by atoms with E-state index >= 15 is 0 Å². The number of amides is 1. The van der Waals surface area contributed by atoms with Gasteiger partial charge in [0.15, 0.2) is 0 Å². The maximum atomic E-state index is 12.4. The van der Waals surface area contributed by atoms with E-state index in [0.29, 0.717) is 29.8 Å². The van der Waals surface area contributed by atoms with E-state index in [1.807, 2.05) is 19.1 Å². The van der Waals surface area contributed by atoms with Crippen LogP contribution >= 0.6 is 0 Å². The summed E-state index contributed by atoms with van der Waals surface area (Å²) in [6.07, 6.45) is 2.37. The van der Waals surface area contributed by atoms with Crippen LogP contribution in [-0.4, -0.2) is 23.3 Å². The van der Waals surface area contributed by atoms with Crippen molar-refractivity contribution in [2.24, 2.45) is 16.9 Å². The van der Waals surface area contributed by atoms with Crippen LogP contribution in [0.2, 0.25) is 0 Å². The summed E-state index contributed by atoms with van der Waals surface area (Å²) in [5, 5.41) is 18.1. The Morgan fingerprint density at radius 1 is 1.19 bits per heavy atom. The van der Waals surface area contributed by atoms with Gasteiger partial charge in [-0.25, -0.2) is 0 Å². The largest absolute Gasteiger partial charge is 0.481 e. The Balaban J connectivity index is 2.02. The number of nitrogens with zero attached hydrogens (tertiary/aromatic N) is 1. The van der Waals surface area contributed by atoms with Gasteiger partial charge in [0, 0.05) is 16.9 Å². The number of carboxylic acids is 1. The minimum atomic E-state index is -0.793. The second-order valence-corrected chi connectivity index (χ2v) is 5.80. The van der Waals surface area contributed by atoms with Gasteiger partial charge in [0.25, 0.3) is 5.91 Å². The lowest BCUT2D eigenvalue weighted by molar-refractivity contribution is -0.141. The summed E-state index contributed by atoms with van der Waals surface area (Å²) in [5.41, 5.74) is 2.75. The van der Waals surface area contributed by atoms with Crippen LogP contribution in [0.1, 0.15) is 29.3 Å². The Morgan fingerprint density at radius 3 is 2.54 bits per heavy atom. The number of hydrazone groups is 1. The molecule has 2 aromatic carbocycles. The number of hydrogen-bond acceptors (Lipinski definition) is 4. The van der Waals surface area contributed by atoms with Gasteiger partial charge in [-0.15, -0.1) is 0 Å². The van der Waals surface area contributed by atoms with Gasteiger partial charge in [-0.3, -0.25) is 9.59 Å². The fourth-order valence-electron chi connectivity index (χ4n) is 2.48. The fraction of sp³-hybridized carbons (Fsp3) is 0.211. The number of aliphatic carboxylic acids is 1. The zero-order valence-electron chi connectivity index (χ0n) is 14.5. The van der Waals surface area contributed by atoms with Crippen LogP contribution in [-0.2, 0) is 11.2 Å². The average molecular weight is 354 g/mol. The number of anilines is 2. The van der Waals surface area contributed by atoms with E-state index in [1.165, 1.54) is 6.34 Å². The smallest absolute Gasteiger partial charge is 0.306 e. The molecule has 1 amide bonds. The van der Waals surface area contributed by atoms with Gasteiger partial charge in [-0.2, -0.15) is 5.10 Å². The van der Waals surface area contributed by atoms with Gasteiger partial charge in [0.1, 0.15) is 6.34 Å². The summed E-state index contributed by atoms with van der Waals surface area (Å²) in [5.74, 6) is 3.60. The quantitative estimate of drug-likeness (QED) is 0.252. The minimum Gasteiger partial charge on any atom is -0.481 e. The van der Waals surface area contributed by atoms with E-state index < -0.39 is 11.9 Å². The maximum absolute atomic E-state index is 12.4. The van der Waals surface area contributed by atoms with Gasteiger partial charge in [0.2, 0.25) is 0 Å². The molecule has 0 bridgehead atoms. The van der Waals surface area contributed by atoms with E-state index in [-0.39, 0.29) is 5.91 Å². The summed E-state index contributed by atoms with van der Waals surface area (Å²) < 4.78 is 0. The van der Waals surface area contributed by atoms with E-state index in [4.69, 9.17) is 10.9 Å². The SMILES string of the molecule is CCC(Cc1ccc(NC(=O)c2cccc(NC=NN)c2)cc1)C(=O)O. The lowest BCUT2D eigenvalue weighted by Gasteiger charge is -2.11. The molecule has 0 radical (unpaired) electrons. The molecule has 5 N–H and O–H groups in total. The number of rotatable bonds is 8. The fourth-order valence-corrected chi connectivity index (χ4v) is 2.48. The third kappa shape index (κ3) is 5.34. The van der Waals surface area contributed by atoms with Crippen molar-refractivity contribution < 1.29 is 14.7 Å². The highest BCUT2D eigenvalue weighted by atomic mass is 16.4. The average Bonchev–Trinajstić information content (AvgIpc) is 2.65.